The van der Waals surface area contributed by atoms with Crippen LogP contribution in [-0.2, 0) is 24.3 Å². The van der Waals surface area contributed by atoms with E-state index in [1.54, 1.807) is 0 Å². The van der Waals surface area contributed by atoms with Crippen LogP contribution in [0.5, 0.6) is 0 Å². The Labute approximate surface area is 153 Å². The smallest absolute Gasteiger partial charge is 0.257 e. The standard InChI is InChI=1S/C19H26N4O3/c1-12-8-17-20-21-18(11-25-10-15-4-5-15)23(17)7-6-22(12)19(24)16-9-13(2)26-14(16)3/h9,12,15H,4-8,10-11H2,1-3H3/t12-/m0/s1. The summed E-state index contributed by atoms with van der Waals surface area (Å²) in [4.78, 5) is 14.9. The Bertz CT molecular complexity index is 806. The van der Waals surface area contributed by atoms with Crippen LogP contribution in [-0.4, -0.2) is 44.8 Å². The highest BCUT2D eigenvalue weighted by Gasteiger charge is 2.29. The lowest BCUT2D eigenvalue weighted by Crippen LogP contribution is -2.40. The van der Waals surface area contributed by atoms with Gasteiger partial charge >= 0.3 is 0 Å². The zero-order chi connectivity index (χ0) is 18.3. The molecule has 7 heteroatoms. The van der Waals surface area contributed by atoms with Gasteiger partial charge in [-0.25, -0.2) is 0 Å². The van der Waals surface area contributed by atoms with Crippen LogP contribution in [0.25, 0.3) is 0 Å². The quantitative estimate of drug-likeness (QED) is 0.821. The zero-order valence-electron chi connectivity index (χ0n) is 15.7. The molecule has 1 amide bonds. The Morgan fingerprint density at radius 1 is 1.31 bits per heavy atom. The van der Waals surface area contributed by atoms with E-state index in [0.717, 1.165) is 29.9 Å². The SMILES string of the molecule is Cc1cc(C(=O)N2CCn3c(COCC4CC4)nnc3C[C@@H]2C)c(C)o1. The number of carbonyl (C=O) groups excluding carboxylic acids is 1. The van der Waals surface area contributed by atoms with Crippen LogP contribution in [0.2, 0.25) is 0 Å². The Morgan fingerprint density at radius 3 is 2.81 bits per heavy atom. The number of rotatable bonds is 5. The molecule has 0 N–H and O–H groups in total. The molecule has 1 aliphatic heterocycles. The number of nitrogens with zero attached hydrogens (tertiary/aromatic N) is 4. The molecule has 0 saturated heterocycles. The molecule has 2 aliphatic rings. The molecule has 0 spiro atoms. The van der Waals surface area contributed by atoms with Crippen LogP contribution in [0, 0.1) is 19.8 Å². The molecule has 1 atom stereocenters. The van der Waals surface area contributed by atoms with Crippen LogP contribution in [0.15, 0.2) is 10.5 Å². The summed E-state index contributed by atoms with van der Waals surface area (Å²) in [5.41, 5.74) is 0.653. The molecule has 0 unspecified atom stereocenters. The van der Waals surface area contributed by atoms with Crippen molar-refractivity contribution < 1.29 is 13.9 Å². The van der Waals surface area contributed by atoms with Crippen molar-refractivity contribution in [3.63, 3.8) is 0 Å². The van der Waals surface area contributed by atoms with Crippen molar-refractivity contribution >= 4 is 5.91 Å². The third kappa shape index (κ3) is 3.40. The molecule has 26 heavy (non-hydrogen) atoms. The van der Waals surface area contributed by atoms with E-state index in [9.17, 15) is 4.79 Å². The molecule has 2 aromatic rings. The van der Waals surface area contributed by atoms with Gasteiger partial charge in [-0.1, -0.05) is 0 Å². The third-order valence-electron chi connectivity index (χ3n) is 5.29. The minimum absolute atomic E-state index is 0.0251. The van der Waals surface area contributed by atoms with Crippen molar-refractivity contribution in [2.24, 2.45) is 5.92 Å². The van der Waals surface area contributed by atoms with Crippen LogP contribution < -0.4 is 0 Å². The maximum Gasteiger partial charge on any atom is 0.257 e. The summed E-state index contributed by atoms with van der Waals surface area (Å²) in [5.74, 6) is 3.99. The van der Waals surface area contributed by atoms with Gasteiger partial charge in [0.2, 0.25) is 0 Å². The first-order valence-electron chi connectivity index (χ1n) is 9.39. The summed E-state index contributed by atoms with van der Waals surface area (Å²) in [6, 6.07) is 1.88. The number of amides is 1. The summed E-state index contributed by atoms with van der Waals surface area (Å²) in [6.07, 6.45) is 3.25. The van der Waals surface area contributed by atoms with Gasteiger partial charge in [-0.2, -0.15) is 0 Å². The average Bonchev–Trinajstić information content (AvgIpc) is 3.29. The maximum atomic E-state index is 13.0. The first-order valence-corrected chi connectivity index (χ1v) is 9.39. The van der Waals surface area contributed by atoms with Crippen LogP contribution in [0.3, 0.4) is 0 Å². The fourth-order valence-electron chi connectivity index (χ4n) is 3.59. The average molecular weight is 358 g/mol. The van der Waals surface area contributed by atoms with Crippen LogP contribution >= 0.6 is 0 Å². The number of aromatic nitrogens is 3. The van der Waals surface area contributed by atoms with Crippen molar-refractivity contribution in [1.29, 1.82) is 0 Å². The molecule has 4 rings (SSSR count). The molecule has 3 heterocycles. The first-order chi connectivity index (χ1) is 12.5. The lowest BCUT2D eigenvalue weighted by molar-refractivity contribution is 0.0692. The van der Waals surface area contributed by atoms with Crippen LogP contribution in [0.4, 0.5) is 0 Å². The van der Waals surface area contributed by atoms with E-state index in [0.29, 0.717) is 37.4 Å². The summed E-state index contributed by atoms with van der Waals surface area (Å²) in [7, 11) is 0. The highest BCUT2D eigenvalue weighted by atomic mass is 16.5. The minimum atomic E-state index is 0.0251. The van der Waals surface area contributed by atoms with Crippen molar-refractivity contribution in [2.45, 2.75) is 59.2 Å². The van der Waals surface area contributed by atoms with Crippen molar-refractivity contribution in [2.75, 3.05) is 13.2 Å². The molecule has 7 nitrogen and oxygen atoms in total. The van der Waals surface area contributed by atoms with E-state index >= 15 is 0 Å². The number of aryl methyl sites for hydroxylation is 2. The summed E-state index contributed by atoms with van der Waals surface area (Å²) >= 11 is 0. The zero-order valence-corrected chi connectivity index (χ0v) is 15.7. The van der Waals surface area contributed by atoms with Crippen molar-refractivity contribution in [3.05, 3.63) is 34.8 Å². The maximum absolute atomic E-state index is 13.0. The number of carbonyl (C=O) groups is 1. The Hall–Kier alpha value is -2.15. The van der Waals surface area contributed by atoms with Gasteiger partial charge in [-0.15, -0.1) is 10.2 Å². The van der Waals surface area contributed by atoms with E-state index in [2.05, 4.69) is 21.7 Å². The second-order valence-corrected chi connectivity index (χ2v) is 7.52. The molecule has 1 saturated carbocycles. The fourth-order valence-corrected chi connectivity index (χ4v) is 3.59. The normalized spacial score (nSPS) is 20.1. The van der Waals surface area contributed by atoms with Gasteiger partial charge < -0.3 is 18.6 Å². The second-order valence-electron chi connectivity index (χ2n) is 7.52. The molecular formula is C19H26N4O3. The number of hydrogen-bond donors (Lipinski definition) is 0. The largest absolute Gasteiger partial charge is 0.466 e. The highest BCUT2D eigenvalue weighted by molar-refractivity contribution is 5.95. The van der Waals surface area contributed by atoms with E-state index in [-0.39, 0.29) is 11.9 Å². The molecule has 1 aliphatic carbocycles. The number of fused-ring (bicyclic) bond motifs is 1. The molecule has 0 aromatic carbocycles. The third-order valence-corrected chi connectivity index (χ3v) is 5.29. The van der Waals surface area contributed by atoms with Gasteiger partial charge in [-0.3, -0.25) is 4.79 Å². The van der Waals surface area contributed by atoms with Crippen molar-refractivity contribution in [3.8, 4) is 0 Å². The first kappa shape index (κ1) is 17.3. The minimum Gasteiger partial charge on any atom is -0.466 e. The van der Waals surface area contributed by atoms with E-state index in [1.165, 1.54) is 12.8 Å². The lowest BCUT2D eigenvalue weighted by atomic mass is 10.1. The number of ether oxygens (including phenoxy) is 1. The van der Waals surface area contributed by atoms with Gasteiger partial charge in [0.1, 0.15) is 24.0 Å². The van der Waals surface area contributed by atoms with Gasteiger partial charge in [0, 0.05) is 32.2 Å². The molecular weight excluding hydrogens is 332 g/mol. The molecule has 0 radical (unpaired) electrons. The Balaban J connectivity index is 1.47. The molecule has 2 aromatic heterocycles. The van der Waals surface area contributed by atoms with Crippen LogP contribution in [0.1, 0.15) is 53.3 Å². The predicted molar refractivity (Wildman–Crippen MR) is 94.8 cm³/mol. The second kappa shape index (κ2) is 6.87. The van der Waals surface area contributed by atoms with Gasteiger partial charge in [0.15, 0.2) is 5.82 Å². The van der Waals surface area contributed by atoms with E-state index < -0.39 is 0 Å². The van der Waals surface area contributed by atoms with E-state index in [4.69, 9.17) is 9.15 Å². The van der Waals surface area contributed by atoms with Gasteiger partial charge in [0.25, 0.3) is 5.91 Å². The van der Waals surface area contributed by atoms with Gasteiger partial charge in [0.05, 0.1) is 5.56 Å². The van der Waals surface area contributed by atoms with Gasteiger partial charge in [-0.05, 0) is 45.6 Å². The highest BCUT2D eigenvalue weighted by Crippen LogP contribution is 2.29. The summed E-state index contributed by atoms with van der Waals surface area (Å²) in [5, 5.41) is 8.65. The number of hydrogen-bond acceptors (Lipinski definition) is 5. The lowest BCUT2D eigenvalue weighted by Gasteiger charge is -2.26. The Kier molecular flexibility index (Phi) is 4.56. The predicted octanol–water partition coefficient (Wildman–Crippen LogP) is 2.50. The number of furan rings is 1. The Morgan fingerprint density at radius 2 is 2.12 bits per heavy atom. The van der Waals surface area contributed by atoms with E-state index in [1.807, 2.05) is 24.8 Å². The fraction of sp³-hybridized carbons (Fsp3) is 0.632. The summed E-state index contributed by atoms with van der Waals surface area (Å²) < 4.78 is 13.4. The molecule has 1 fully saturated rings. The molecule has 140 valence electrons. The monoisotopic (exact) mass is 358 g/mol. The summed E-state index contributed by atoms with van der Waals surface area (Å²) in [6.45, 7) is 8.39. The molecule has 0 bridgehead atoms. The topological polar surface area (TPSA) is 73.4 Å². The van der Waals surface area contributed by atoms with Crippen molar-refractivity contribution in [1.82, 2.24) is 19.7 Å².